The number of nitrogens with zero attached hydrogens (tertiary/aromatic N) is 3. The molecule has 4 aromatic rings. The summed E-state index contributed by atoms with van der Waals surface area (Å²) in [6, 6.07) is 14.3. The Labute approximate surface area is 183 Å². The van der Waals surface area contributed by atoms with E-state index in [0.717, 1.165) is 27.1 Å². The predicted molar refractivity (Wildman–Crippen MR) is 120 cm³/mol. The summed E-state index contributed by atoms with van der Waals surface area (Å²) in [5, 5.41) is 10.2. The van der Waals surface area contributed by atoms with E-state index in [-0.39, 0.29) is 11.3 Å². The van der Waals surface area contributed by atoms with Crippen LogP contribution < -0.4 is 16.0 Å². The third-order valence-corrected chi connectivity index (χ3v) is 6.11. The number of aryl methyl sites for hydroxylation is 1. The second kappa shape index (κ2) is 7.42. The van der Waals surface area contributed by atoms with E-state index in [4.69, 9.17) is 9.47 Å². The van der Waals surface area contributed by atoms with Gasteiger partial charge in [0.05, 0.1) is 36.0 Å². The molecule has 2 aromatic carbocycles. The highest BCUT2D eigenvalue weighted by atomic mass is 16.5. The van der Waals surface area contributed by atoms with E-state index < -0.39 is 11.8 Å². The average Bonchev–Trinajstić information content (AvgIpc) is 3.17. The maximum atomic E-state index is 13.4. The number of benzene rings is 2. The zero-order valence-electron chi connectivity index (χ0n) is 18.0. The molecule has 0 spiro atoms. The average molecular weight is 433 g/mol. The molecule has 164 valence electrons. The van der Waals surface area contributed by atoms with E-state index in [1.807, 2.05) is 24.3 Å². The monoisotopic (exact) mass is 433 g/mol. The molecule has 2 aromatic heterocycles. The minimum atomic E-state index is -0.489. The number of hydrogen-bond acceptors (Lipinski definition) is 5. The normalized spacial score (nSPS) is 15.7. The molecular weight excluding hydrogens is 410 g/mol. The molecule has 32 heavy (non-hydrogen) atoms. The lowest BCUT2D eigenvalue weighted by Gasteiger charge is -2.27. The van der Waals surface area contributed by atoms with Crippen LogP contribution in [0.2, 0.25) is 0 Å². The van der Waals surface area contributed by atoms with Crippen molar-refractivity contribution in [3.05, 3.63) is 80.6 Å². The Balaban J connectivity index is 1.90. The first-order chi connectivity index (χ1) is 15.4. The third-order valence-electron chi connectivity index (χ3n) is 6.11. The van der Waals surface area contributed by atoms with Crippen LogP contribution in [-0.4, -0.2) is 32.5 Å². The zero-order valence-corrected chi connectivity index (χ0v) is 18.0. The van der Waals surface area contributed by atoms with Gasteiger partial charge in [-0.15, -0.1) is 0 Å². The first kappa shape index (κ1) is 20.1. The first-order valence-corrected chi connectivity index (χ1v) is 10.3. The van der Waals surface area contributed by atoms with Crippen molar-refractivity contribution in [2.45, 2.75) is 12.6 Å². The van der Waals surface area contributed by atoms with Crippen LogP contribution >= 0.6 is 0 Å². The van der Waals surface area contributed by atoms with Gasteiger partial charge in [-0.2, -0.15) is 0 Å². The molecule has 0 unspecified atom stereocenters. The van der Waals surface area contributed by atoms with Crippen LogP contribution in [0.4, 0.5) is 0 Å². The van der Waals surface area contributed by atoms with Gasteiger partial charge in [0.2, 0.25) is 0 Å². The fourth-order valence-electron chi connectivity index (χ4n) is 4.53. The number of rotatable bonds is 3. The highest BCUT2D eigenvalue weighted by Gasteiger charge is 2.33. The Morgan fingerprint density at radius 2 is 1.69 bits per heavy atom. The quantitative estimate of drug-likeness (QED) is 0.537. The lowest BCUT2D eigenvalue weighted by atomic mass is 10.0. The molecule has 0 radical (unpaired) electrons. The highest BCUT2D eigenvalue weighted by molar-refractivity contribution is 5.96. The molecule has 0 saturated heterocycles. The van der Waals surface area contributed by atoms with Crippen LogP contribution in [0.1, 0.15) is 17.4 Å². The molecule has 1 atom stereocenters. The zero-order chi connectivity index (χ0) is 22.6. The molecule has 0 saturated carbocycles. The number of aromatic nitrogens is 3. The second-order valence-corrected chi connectivity index (χ2v) is 7.89. The van der Waals surface area contributed by atoms with Gasteiger partial charge in [-0.3, -0.25) is 13.9 Å². The number of ether oxygens (including phenoxy) is 2. The van der Waals surface area contributed by atoms with Gasteiger partial charge < -0.3 is 19.1 Å². The van der Waals surface area contributed by atoms with Crippen LogP contribution in [0.5, 0.6) is 11.5 Å². The van der Waals surface area contributed by atoms with Gasteiger partial charge in [0.15, 0.2) is 0 Å². The third kappa shape index (κ3) is 2.87. The lowest BCUT2D eigenvalue weighted by Crippen LogP contribution is -2.37. The van der Waals surface area contributed by atoms with Crippen molar-refractivity contribution < 1.29 is 14.6 Å². The van der Waals surface area contributed by atoms with Gasteiger partial charge >= 0.3 is 5.69 Å². The molecule has 0 aliphatic carbocycles. The molecule has 1 N–H and O–H groups in total. The number of phenols is 1. The summed E-state index contributed by atoms with van der Waals surface area (Å²) in [6.07, 6.45) is -0.489. The molecular formula is C24H23N3O5. The summed E-state index contributed by atoms with van der Waals surface area (Å²) >= 11 is 0. The molecule has 3 heterocycles. The summed E-state index contributed by atoms with van der Waals surface area (Å²) in [4.78, 5) is 26.2. The minimum Gasteiger partial charge on any atom is -0.508 e. The van der Waals surface area contributed by atoms with Gasteiger partial charge in [-0.1, -0.05) is 12.1 Å². The predicted octanol–water partition coefficient (Wildman–Crippen LogP) is 2.54. The van der Waals surface area contributed by atoms with Crippen LogP contribution in [-0.2, 0) is 25.4 Å². The van der Waals surface area contributed by atoms with E-state index in [1.165, 1.54) is 11.6 Å². The van der Waals surface area contributed by atoms with E-state index in [9.17, 15) is 14.7 Å². The highest BCUT2D eigenvalue weighted by Crippen LogP contribution is 2.41. The van der Waals surface area contributed by atoms with Gasteiger partial charge in [0.1, 0.15) is 17.6 Å². The lowest BCUT2D eigenvalue weighted by molar-refractivity contribution is 0.0478. The topological polar surface area (TPSA) is 87.6 Å². The maximum absolute atomic E-state index is 13.4. The number of phenolic OH excluding ortho intramolecular Hbond substituents is 1. The van der Waals surface area contributed by atoms with Gasteiger partial charge in [-0.25, -0.2) is 4.79 Å². The van der Waals surface area contributed by atoms with Crippen molar-refractivity contribution in [1.82, 2.24) is 13.7 Å². The SMILES string of the molecule is COc1ccc(-c2c3c(=O)n(C)c(=O)n(C)c3c3n2CCO[C@@H]3c2ccc(O)cc2)cc1. The van der Waals surface area contributed by atoms with Crippen LogP contribution in [0.15, 0.2) is 58.1 Å². The molecule has 0 bridgehead atoms. The molecule has 0 amide bonds. The standard InChI is InChI=1S/C24H23N3O5/c1-25-20-18(23(29)26(2)24(25)30)19(14-6-10-17(31-3)11-7-14)27-12-13-32-22(21(20)27)15-4-8-16(28)9-5-15/h4-11,22,28H,12-13H2,1-3H3/t22-/m1/s1. The molecule has 8 heteroatoms. The summed E-state index contributed by atoms with van der Waals surface area (Å²) < 4.78 is 16.2. The number of methoxy groups -OCH3 is 1. The molecule has 0 fully saturated rings. The van der Waals surface area contributed by atoms with Gasteiger partial charge in [0, 0.05) is 20.6 Å². The second-order valence-electron chi connectivity index (χ2n) is 7.89. The maximum Gasteiger partial charge on any atom is 0.331 e. The number of hydrogen-bond donors (Lipinski definition) is 1. The number of fused-ring (bicyclic) bond motifs is 3. The summed E-state index contributed by atoms with van der Waals surface area (Å²) in [7, 11) is 4.77. The fraction of sp³-hybridized carbons (Fsp3) is 0.250. The van der Waals surface area contributed by atoms with E-state index in [2.05, 4.69) is 4.57 Å². The van der Waals surface area contributed by atoms with E-state index in [0.29, 0.717) is 29.8 Å². The van der Waals surface area contributed by atoms with Crippen molar-refractivity contribution in [3.63, 3.8) is 0 Å². The van der Waals surface area contributed by atoms with E-state index >= 15 is 0 Å². The van der Waals surface area contributed by atoms with E-state index in [1.54, 1.807) is 38.4 Å². The largest absolute Gasteiger partial charge is 0.508 e. The van der Waals surface area contributed by atoms with Crippen molar-refractivity contribution in [3.8, 4) is 22.8 Å². The van der Waals surface area contributed by atoms with Crippen LogP contribution in [0.3, 0.4) is 0 Å². The Kier molecular flexibility index (Phi) is 4.67. The van der Waals surface area contributed by atoms with Crippen molar-refractivity contribution in [1.29, 1.82) is 0 Å². The molecule has 1 aliphatic rings. The Bertz CT molecular complexity index is 1440. The summed E-state index contributed by atoms with van der Waals surface area (Å²) in [5.74, 6) is 0.874. The molecule has 1 aliphatic heterocycles. The minimum absolute atomic E-state index is 0.157. The van der Waals surface area contributed by atoms with Crippen LogP contribution in [0, 0.1) is 0 Å². The fourth-order valence-corrected chi connectivity index (χ4v) is 4.53. The summed E-state index contributed by atoms with van der Waals surface area (Å²) in [5.41, 5.74) is 3.00. The molecule has 8 nitrogen and oxygen atoms in total. The van der Waals surface area contributed by atoms with Crippen molar-refractivity contribution in [2.75, 3.05) is 13.7 Å². The first-order valence-electron chi connectivity index (χ1n) is 10.3. The van der Waals surface area contributed by atoms with Gasteiger partial charge in [0.25, 0.3) is 5.56 Å². The van der Waals surface area contributed by atoms with Gasteiger partial charge in [-0.05, 0) is 47.5 Å². The molecule has 5 rings (SSSR count). The van der Waals surface area contributed by atoms with Crippen molar-refractivity contribution >= 4 is 10.9 Å². The Morgan fingerprint density at radius 3 is 2.34 bits per heavy atom. The smallest absolute Gasteiger partial charge is 0.331 e. The number of aromatic hydroxyl groups is 1. The summed E-state index contributed by atoms with van der Waals surface area (Å²) in [6.45, 7) is 0.980. The van der Waals surface area contributed by atoms with Crippen LogP contribution in [0.25, 0.3) is 22.2 Å². The Morgan fingerprint density at radius 1 is 1.00 bits per heavy atom. The van der Waals surface area contributed by atoms with Crippen molar-refractivity contribution in [2.24, 2.45) is 14.1 Å². The Hall–Kier alpha value is -3.78.